The van der Waals surface area contributed by atoms with Crippen molar-refractivity contribution in [3.8, 4) is 5.75 Å². The second-order valence-corrected chi connectivity index (χ2v) is 6.37. The molecule has 1 aromatic rings. The van der Waals surface area contributed by atoms with E-state index in [0.29, 0.717) is 0 Å². The van der Waals surface area contributed by atoms with Gasteiger partial charge in [-0.25, -0.2) is 4.79 Å². The van der Waals surface area contributed by atoms with Crippen LogP contribution in [0.2, 0.25) is 0 Å². The van der Waals surface area contributed by atoms with Crippen LogP contribution in [0, 0.1) is 5.41 Å². The van der Waals surface area contributed by atoms with Gasteiger partial charge in [-0.15, -0.1) is 0 Å². The molecule has 1 amide bonds. The van der Waals surface area contributed by atoms with Crippen molar-refractivity contribution in [2.75, 3.05) is 7.11 Å². The summed E-state index contributed by atoms with van der Waals surface area (Å²) >= 11 is 0. The van der Waals surface area contributed by atoms with Crippen LogP contribution in [0.5, 0.6) is 5.75 Å². The van der Waals surface area contributed by atoms with Crippen molar-refractivity contribution in [3.63, 3.8) is 0 Å². The Morgan fingerprint density at radius 2 is 2.05 bits per heavy atom. The lowest BCUT2D eigenvalue weighted by molar-refractivity contribution is -0.0831. The summed E-state index contributed by atoms with van der Waals surface area (Å²) in [5.41, 5.74) is 6.63. The molecule has 0 radical (unpaired) electrons. The molecule has 1 unspecified atom stereocenters. The van der Waals surface area contributed by atoms with E-state index >= 15 is 0 Å². The Labute approximate surface area is 120 Å². The molecule has 4 nitrogen and oxygen atoms in total. The highest BCUT2D eigenvalue weighted by Crippen LogP contribution is 2.50. The number of methoxy groups -OCH3 is 1. The van der Waals surface area contributed by atoms with Gasteiger partial charge in [0.25, 0.3) is 0 Å². The third-order valence-corrected chi connectivity index (χ3v) is 4.21. The average Bonchev–Trinajstić information content (AvgIpc) is 2.36. The number of aryl methyl sites for hydroxylation is 1. The highest BCUT2D eigenvalue weighted by atomic mass is 16.6. The number of rotatable bonds is 2. The van der Waals surface area contributed by atoms with Crippen molar-refractivity contribution in [1.29, 1.82) is 0 Å². The summed E-state index contributed by atoms with van der Waals surface area (Å²) < 4.78 is 11.0. The van der Waals surface area contributed by atoms with Crippen LogP contribution >= 0.6 is 0 Å². The summed E-state index contributed by atoms with van der Waals surface area (Å²) in [6.45, 7) is 6.22. The van der Waals surface area contributed by atoms with Gasteiger partial charge in [0.05, 0.1) is 7.11 Å². The molecule has 0 aliphatic heterocycles. The fourth-order valence-electron chi connectivity index (χ4n) is 3.15. The molecule has 2 N–H and O–H groups in total. The van der Waals surface area contributed by atoms with E-state index in [-0.39, 0.29) is 5.41 Å². The van der Waals surface area contributed by atoms with Crippen LogP contribution in [0.1, 0.15) is 44.7 Å². The maximum atomic E-state index is 11.5. The molecule has 2 rings (SSSR count). The first-order valence-corrected chi connectivity index (χ1v) is 6.96. The minimum Gasteiger partial charge on any atom is -0.497 e. The van der Waals surface area contributed by atoms with Crippen LogP contribution in [0.25, 0.3) is 0 Å². The zero-order valence-corrected chi connectivity index (χ0v) is 12.7. The van der Waals surface area contributed by atoms with Gasteiger partial charge in [0.2, 0.25) is 0 Å². The number of fused-ring (bicyclic) bond motifs is 1. The number of amides is 1. The van der Waals surface area contributed by atoms with Crippen LogP contribution in [0.4, 0.5) is 4.79 Å². The van der Waals surface area contributed by atoms with E-state index in [4.69, 9.17) is 15.2 Å². The Morgan fingerprint density at radius 3 is 2.60 bits per heavy atom. The third kappa shape index (κ3) is 2.35. The molecule has 110 valence electrons. The molecule has 0 spiro atoms. The van der Waals surface area contributed by atoms with Gasteiger partial charge in [0.15, 0.2) is 0 Å². The molecule has 0 heterocycles. The molecule has 0 aromatic heterocycles. The highest BCUT2D eigenvalue weighted by Gasteiger charge is 2.49. The van der Waals surface area contributed by atoms with Gasteiger partial charge in [-0.05, 0) is 37.0 Å². The van der Waals surface area contributed by atoms with E-state index in [2.05, 4.69) is 26.8 Å². The number of primary amides is 1. The molecular formula is C16H23NO3. The maximum Gasteiger partial charge on any atom is 0.405 e. The van der Waals surface area contributed by atoms with Crippen LogP contribution in [0.3, 0.4) is 0 Å². The van der Waals surface area contributed by atoms with Gasteiger partial charge in [-0.2, -0.15) is 0 Å². The molecule has 1 aliphatic rings. The summed E-state index contributed by atoms with van der Waals surface area (Å²) in [7, 11) is 1.64. The molecule has 1 aliphatic carbocycles. The first kappa shape index (κ1) is 14.7. The standard InChI is InChI=1S/C16H23NO3/c1-15(2,3)16(20-14(17)18)9-5-6-11-7-8-12(19-4)10-13(11)16/h7-8,10H,5-6,9H2,1-4H3,(H2,17,18). The lowest BCUT2D eigenvalue weighted by atomic mass is 9.65. The van der Waals surface area contributed by atoms with Gasteiger partial charge in [-0.3, -0.25) is 0 Å². The Balaban J connectivity index is 2.63. The van der Waals surface area contributed by atoms with E-state index in [1.807, 2.05) is 12.1 Å². The number of ether oxygens (including phenoxy) is 2. The molecule has 0 bridgehead atoms. The lowest BCUT2D eigenvalue weighted by Gasteiger charge is -2.47. The zero-order valence-electron chi connectivity index (χ0n) is 12.7. The molecule has 4 heteroatoms. The SMILES string of the molecule is COc1ccc2c(c1)C(OC(N)=O)(C(C)(C)C)CCC2. The van der Waals surface area contributed by atoms with Crippen molar-refractivity contribution in [2.45, 2.75) is 45.6 Å². The topological polar surface area (TPSA) is 61.6 Å². The number of hydrogen-bond acceptors (Lipinski definition) is 3. The van der Waals surface area contributed by atoms with Gasteiger partial charge in [0.1, 0.15) is 11.4 Å². The Morgan fingerprint density at radius 1 is 1.35 bits per heavy atom. The van der Waals surface area contributed by atoms with Crippen LogP contribution in [-0.2, 0) is 16.8 Å². The summed E-state index contributed by atoms with van der Waals surface area (Å²) in [5.74, 6) is 0.771. The summed E-state index contributed by atoms with van der Waals surface area (Å²) in [6, 6.07) is 5.97. The zero-order chi connectivity index (χ0) is 15.0. The fraction of sp³-hybridized carbons (Fsp3) is 0.562. The van der Waals surface area contributed by atoms with E-state index in [0.717, 1.165) is 30.6 Å². The maximum absolute atomic E-state index is 11.5. The van der Waals surface area contributed by atoms with Gasteiger partial charge in [-0.1, -0.05) is 26.8 Å². The highest BCUT2D eigenvalue weighted by molar-refractivity contribution is 5.66. The van der Waals surface area contributed by atoms with Crippen molar-refractivity contribution >= 4 is 6.09 Å². The molecule has 0 saturated heterocycles. The first-order valence-electron chi connectivity index (χ1n) is 6.96. The average molecular weight is 277 g/mol. The Hall–Kier alpha value is -1.71. The lowest BCUT2D eigenvalue weighted by Crippen LogP contribution is -2.47. The van der Waals surface area contributed by atoms with Crippen LogP contribution in [0.15, 0.2) is 18.2 Å². The quantitative estimate of drug-likeness (QED) is 0.901. The first-order chi connectivity index (χ1) is 9.30. The van der Waals surface area contributed by atoms with Gasteiger partial charge in [0, 0.05) is 11.0 Å². The smallest absolute Gasteiger partial charge is 0.405 e. The predicted octanol–water partition coefficient (Wildman–Crippen LogP) is 3.37. The Kier molecular flexibility index (Phi) is 3.67. The van der Waals surface area contributed by atoms with E-state index in [9.17, 15) is 4.79 Å². The molecule has 20 heavy (non-hydrogen) atoms. The number of hydrogen-bond donors (Lipinski definition) is 1. The molecular weight excluding hydrogens is 254 g/mol. The predicted molar refractivity (Wildman–Crippen MR) is 77.7 cm³/mol. The molecule has 0 saturated carbocycles. The fourth-order valence-corrected chi connectivity index (χ4v) is 3.15. The second kappa shape index (κ2) is 5.00. The minimum absolute atomic E-state index is 0.246. The molecule has 1 atom stereocenters. The van der Waals surface area contributed by atoms with E-state index in [1.54, 1.807) is 7.11 Å². The van der Waals surface area contributed by atoms with Crippen LogP contribution < -0.4 is 10.5 Å². The minimum atomic E-state index is -0.726. The Bertz CT molecular complexity index is 519. The van der Waals surface area contributed by atoms with E-state index < -0.39 is 11.7 Å². The monoisotopic (exact) mass is 277 g/mol. The summed E-state index contributed by atoms with van der Waals surface area (Å²) in [4.78, 5) is 11.5. The largest absolute Gasteiger partial charge is 0.497 e. The van der Waals surface area contributed by atoms with Crippen molar-refractivity contribution < 1.29 is 14.3 Å². The second-order valence-electron chi connectivity index (χ2n) is 6.37. The third-order valence-electron chi connectivity index (χ3n) is 4.21. The molecule has 0 fully saturated rings. The van der Waals surface area contributed by atoms with Crippen LogP contribution in [-0.4, -0.2) is 13.2 Å². The number of benzene rings is 1. The number of carbonyl (C=O) groups is 1. The summed E-state index contributed by atoms with van der Waals surface area (Å²) in [5, 5.41) is 0. The van der Waals surface area contributed by atoms with Crippen molar-refractivity contribution in [2.24, 2.45) is 11.1 Å². The van der Waals surface area contributed by atoms with Gasteiger partial charge < -0.3 is 15.2 Å². The number of nitrogens with two attached hydrogens (primary N) is 1. The van der Waals surface area contributed by atoms with Gasteiger partial charge >= 0.3 is 6.09 Å². The van der Waals surface area contributed by atoms with Crippen molar-refractivity contribution in [1.82, 2.24) is 0 Å². The summed E-state index contributed by atoms with van der Waals surface area (Å²) in [6.07, 6.45) is 2.01. The van der Waals surface area contributed by atoms with E-state index in [1.165, 1.54) is 5.56 Å². The normalized spacial score (nSPS) is 22.0. The number of carbonyl (C=O) groups excluding carboxylic acids is 1. The van der Waals surface area contributed by atoms with Crippen molar-refractivity contribution in [3.05, 3.63) is 29.3 Å². The molecule has 1 aromatic carbocycles.